The van der Waals surface area contributed by atoms with E-state index >= 15 is 0 Å². The van der Waals surface area contributed by atoms with E-state index in [2.05, 4.69) is 43.2 Å². The van der Waals surface area contributed by atoms with Gasteiger partial charge in [0.15, 0.2) is 0 Å². The molecule has 0 aliphatic heterocycles. The summed E-state index contributed by atoms with van der Waals surface area (Å²) in [5, 5.41) is 1.08. The van der Waals surface area contributed by atoms with Crippen LogP contribution in [-0.2, 0) is 7.05 Å². The third-order valence-corrected chi connectivity index (χ3v) is 4.78. The van der Waals surface area contributed by atoms with Gasteiger partial charge in [0, 0.05) is 24.1 Å². The van der Waals surface area contributed by atoms with Crippen molar-refractivity contribution >= 4 is 19.0 Å². The molecule has 3 aromatic rings. The summed E-state index contributed by atoms with van der Waals surface area (Å²) in [6.07, 6.45) is 0. The molecule has 120 valence electrons. The molecule has 0 saturated carbocycles. The Morgan fingerprint density at radius 1 is 0.958 bits per heavy atom. The third-order valence-electron chi connectivity index (χ3n) is 3.91. The SMILES string of the molecule is Cn1c(=O)cc(-c2cccc(C#C[Si](C)(C)C)c2)c2ccccc21. The van der Waals surface area contributed by atoms with Gasteiger partial charge < -0.3 is 4.57 Å². The number of rotatable bonds is 1. The van der Waals surface area contributed by atoms with Crippen molar-refractivity contribution in [3.63, 3.8) is 0 Å². The fourth-order valence-electron chi connectivity index (χ4n) is 2.67. The van der Waals surface area contributed by atoms with Gasteiger partial charge in [-0.2, -0.15) is 0 Å². The zero-order valence-electron chi connectivity index (χ0n) is 14.6. The summed E-state index contributed by atoms with van der Waals surface area (Å²) >= 11 is 0. The number of aromatic nitrogens is 1. The highest BCUT2D eigenvalue weighted by atomic mass is 28.3. The van der Waals surface area contributed by atoms with Crippen molar-refractivity contribution in [1.29, 1.82) is 0 Å². The van der Waals surface area contributed by atoms with Crippen LogP contribution in [0.25, 0.3) is 22.0 Å². The third kappa shape index (κ3) is 3.34. The zero-order chi connectivity index (χ0) is 17.3. The Labute approximate surface area is 143 Å². The largest absolute Gasteiger partial charge is 0.311 e. The summed E-state index contributed by atoms with van der Waals surface area (Å²) in [7, 11) is 0.399. The van der Waals surface area contributed by atoms with Crippen LogP contribution in [0.2, 0.25) is 19.6 Å². The molecule has 0 spiro atoms. The number of para-hydroxylation sites is 1. The zero-order valence-corrected chi connectivity index (χ0v) is 15.6. The fraction of sp³-hybridized carbons (Fsp3) is 0.190. The topological polar surface area (TPSA) is 22.0 Å². The first-order valence-electron chi connectivity index (χ1n) is 8.07. The molecule has 0 aliphatic rings. The lowest BCUT2D eigenvalue weighted by Gasteiger charge is -2.10. The average molecular weight is 331 g/mol. The Hall–Kier alpha value is -2.57. The molecule has 1 heterocycles. The van der Waals surface area contributed by atoms with E-state index in [0.29, 0.717) is 0 Å². The molecule has 3 heteroatoms. The number of benzene rings is 2. The predicted octanol–water partition coefficient (Wildman–Crippen LogP) is 4.43. The van der Waals surface area contributed by atoms with Gasteiger partial charge in [0.1, 0.15) is 8.07 Å². The second kappa shape index (κ2) is 6.14. The van der Waals surface area contributed by atoms with Crippen molar-refractivity contribution in [3.05, 3.63) is 70.5 Å². The maximum atomic E-state index is 12.3. The minimum absolute atomic E-state index is 0.00212. The normalized spacial score (nSPS) is 11.2. The Balaban J connectivity index is 2.20. The van der Waals surface area contributed by atoms with Crippen molar-refractivity contribution < 1.29 is 0 Å². The molecule has 0 bridgehead atoms. The lowest BCUT2D eigenvalue weighted by atomic mass is 9.99. The molecular weight excluding hydrogens is 310 g/mol. The first kappa shape index (κ1) is 16.3. The number of hydrogen-bond donors (Lipinski definition) is 0. The monoisotopic (exact) mass is 331 g/mol. The van der Waals surface area contributed by atoms with Gasteiger partial charge in [0.05, 0.1) is 5.52 Å². The van der Waals surface area contributed by atoms with Crippen molar-refractivity contribution in [1.82, 2.24) is 4.57 Å². The van der Waals surface area contributed by atoms with E-state index in [-0.39, 0.29) is 5.56 Å². The van der Waals surface area contributed by atoms with Gasteiger partial charge >= 0.3 is 0 Å². The van der Waals surface area contributed by atoms with Crippen LogP contribution >= 0.6 is 0 Å². The quantitative estimate of drug-likeness (QED) is 0.477. The highest BCUT2D eigenvalue weighted by Gasteiger charge is 2.09. The molecular formula is C21H21NOSi. The van der Waals surface area contributed by atoms with Crippen LogP contribution in [0, 0.1) is 11.5 Å². The van der Waals surface area contributed by atoms with Crippen LogP contribution in [0.1, 0.15) is 5.56 Å². The molecule has 0 amide bonds. The number of aryl methyl sites for hydroxylation is 1. The molecule has 2 aromatic carbocycles. The van der Waals surface area contributed by atoms with Gasteiger partial charge in [-0.3, -0.25) is 4.79 Å². The smallest absolute Gasteiger partial charge is 0.251 e. The van der Waals surface area contributed by atoms with Gasteiger partial charge in [0.25, 0.3) is 5.56 Å². The van der Waals surface area contributed by atoms with Crippen LogP contribution in [0.4, 0.5) is 0 Å². The number of fused-ring (bicyclic) bond motifs is 1. The van der Waals surface area contributed by atoms with E-state index < -0.39 is 8.07 Å². The van der Waals surface area contributed by atoms with E-state index in [9.17, 15) is 4.79 Å². The van der Waals surface area contributed by atoms with E-state index in [1.165, 1.54) is 0 Å². The molecule has 0 atom stereocenters. The van der Waals surface area contributed by atoms with Gasteiger partial charge in [-0.25, -0.2) is 0 Å². The van der Waals surface area contributed by atoms with Gasteiger partial charge in [0.2, 0.25) is 0 Å². The molecule has 0 radical (unpaired) electrons. The highest BCUT2D eigenvalue weighted by molar-refractivity contribution is 6.83. The maximum absolute atomic E-state index is 12.3. The molecule has 2 nitrogen and oxygen atoms in total. The molecule has 0 saturated heterocycles. The second-order valence-electron chi connectivity index (χ2n) is 7.05. The van der Waals surface area contributed by atoms with E-state index in [1.807, 2.05) is 43.4 Å². The molecule has 1 aromatic heterocycles. The summed E-state index contributed by atoms with van der Waals surface area (Å²) in [6.45, 7) is 6.70. The molecule has 3 rings (SSSR count). The van der Waals surface area contributed by atoms with Crippen LogP contribution in [-0.4, -0.2) is 12.6 Å². The van der Waals surface area contributed by atoms with Crippen molar-refractivity contribution in [3.8, 4) is 22.6 Å². The highest BCUT2D eigenvalue weighted by Crippen LogP contribution is 2.27. The Morgan fingerprint density at radius 2 is 1.71 bits per heavy atom. The van der Waals surface area contributed by atoms with Crippen LogP contribution < -0.4 is 5.56 Å². The second-order valence-corrected chi connectivity index (χ2v) is 11.8. The predicted molar refractivity (Wildman–Crippen MR) is 105 cm³/mol. The lowest BCUT2D eigenvalue weighted by molar-refractivity contribution is 0.907. The summed E-state index contributed by atoms with van der Waals surface area (Å²) in [4.78, 5) is 12.3. The Bertz CT molecular complexity index is 1030. The molecule has 0 aliphatic carbocycles. The van der Waals surface area contributed by atoms with E-state index in [4.69, 9.17) is 0 Å². The van der Waals surface area contributed by atoms with Gasteiger partial charge in [-0.05, 0) is 29.3 Å². The summed E-state index contributed by atoms with van der Waals surface area (Å²) in [5.74, 6) is 3.30. The summed E-state index contributed by atoms with van der Waals surface area (Å²) in [6, 6.07) is 17.9. The molecule has 24 heavy (non-hydrogen) atoms. The van der Waals surface area contributed by atoms with Gasteiger partial charge in [-0.15, -0.1) is 5.54 Å². The standard InChI is InChI=1S/C21H21NOSi/c1-22-20-11-6-5-10-18(20)19(15-21(22)23)17-9-7-8-16(14-17)12-13-24(2,3)4/h5-11,14-15H,1-4H3. The minimum Gasteiger partial charge on any atom is -0.311 e. The summed E-state index contributed by atoms with van der Waals surface area (Å²) in [5.41, 5.74) is 7.34. The average Bonchev–Trinajstić information content (AvgIpc) is 2.56. The van der Waals surface area contributed by atoms with Crippen LogP contribution in [0.15, 0.2) is 59.4 Å². The van der Waals surface area contributed by atoms with Crippen molar-refractivity contribution in [2.75, 3.05) is 0 Å². The molecule has 0 unspecified atom stereocenters. The van der Waals surface area contributed by atoms with E-state index in [1.54, 1.807) is 10.6 Å². The fourth-order valence-corrected chi connectivity index (χ4v) is 3.19. The number of nitrogens with zero attached hydrogens (tertiary/aromatic N) is 1. The van der Waals surface area contributed by atoms with Crippen molar-refractivity contribution in [2.45, 2.75) is 19.6 Å². The van der Waals surface area contributed by atoms with Crippen molar-refractivity contribution in [2.24, 2.45) is 7.05 Å². The first-order chi connectivity index (χ1) is 11.3. The first-order valence-corrected chi connectivity index (χ1v) is 11.6. The van der Waals surface area contributed by atoms with Crippen LogP contribution in [0.3, 0.4) is 0 Å². The van der Waals surface area contributed by atoms with Gasteiger partial charge in [-0.1, -0.05) is 55.9 Å². The Kier molecular flexibility index (Phi) is 4.17. The summed E-state index contributed by atoms with van der Waals surface area (Å²) < 4.78 is 1.69. The van der Waals surface area contributed by atoms with E-state index in [0.717, 1.165) is 27.6 Å². The Morgan fingerprint density at radius 3 is 2.46 bits per heavy atom. The minimum atomic E-state index is -1.41. The number of pyridine rings is 1. The maximum Gasteiger partial charge on any atom is 0.251 e. The number of hydrogen-bond acceptors (Lipinski definition) is 1. The van der Waals surface area contributed by atoms with Crippen LogP contribution in [0.5, 0.6) is 0 Å². The molecule has 0 fully saturated rings. The lowest BCUT2D eigenvalue weighted by Crippen LogP contribution is -2.16. The molecule has 0 N–H and O–H groups in total.